The predicted octanol–water partition coefficient (Wildman–Crippen LogP) is -1.18. The average molecular weight is 202 g/mol. The van der Waals surface area contributed by atoms with Gasteiger partial charge in [-0.25, -0.2) is 9.59 Å². The molecule has 2 amide bonds. The molecule has 7 nitrogen and oxygen atoms in total. The number of carboxylic acid groups (broad SMARTS) is 1. The maximum absolute atomic E-state index is 10.5. The van der Waals surface area contributed by atoms with Crippen molar-refractivity contribution in [3.63, 3.8) is 0 Å². The summed E-state index contributed by atoms with van der Waals surface area (Å²) in [6.45, 7) is 0. The van der Waals surface area contributed by atoms with Gasteiger partial charge in [0.05, 0.1) is 12.8 Å². The number of rotatable bonds is 3. The van der Waals surface area contributed by atoms with E-state index in [9.17, 15) is 14.4 Å². The molecule has 8 heteroatoms. The van der Waals surface area contributed by atoms with Crippen molar-refractivity contribution in [2.45, 2.75) is 12.8 Å². The van der Waals surface area contributed by atoms with Crippen LogP contribution < -0.4 is 11.2 Å². The van der Waals surface area contributed by atoms with Gasteiger partial charge < -0.3 is 18.5 Å². The molecule has 4 N–H and O–H groups in total. The Labute approximate surface area is 92.7 Å². The molecule has 0 aliphatic heterocycles. The second-order valence-electron chi connectivity index (χ2n) is 1.83. The van der Waals surface area contributed by atoms with E-state index in [1.54, 1.807) is 5.48 Å². The molecule has 0 aromatic heterocycles. The van der Waals surface area contributed by atoms with Gasteiger partial charge in [0.15, 0.2) is 0 Å². The zero-order valence-corrected chi connectivity index (χ0v) is 8.19. The van der Waals surface area contributed by atoms with E-state index in [-0.39, 0.29) is 38.7 Å². The largest absolute Gasteiger partial charge is 2.00 e. The van der Waals surface area contributed by atoms with Crippen LogP contribution in [0.5, 0.6) is 0 Å². The number of nitrogens with one attached hydrogen (secondary N) is 1. The molecule has 0 unspecified atom stereocenters. The van der Waals surface area contributed by atoms with Gasteiger partial charge >= 0.3 is 41.0 Å². The number of amides is 2. The molecule has 0 atom stereocenters. The van der Waals surface area contributed by atoms with Gasteiger partial charge in [-0.2, -0.15) is 5.48 Å². The standard InChI is InChI=1S/C5H8N2O5.Mg.2H/c6-5(11)7-12-4(10)2-1-3(8)9;;;/h1-2H2,(H,8,9)(H3,6,7,11);;;/q;+2;2*-1. The smallest absolute Gasteiger partial charge is 1.00 e. The first-order valence-corrected chi connectivity index (χ1v) is 2.99. The predicted molar refractivity (Wildman–Crippen MR) is 43.7 cm³/mol. The first-order valence-electron chi connectivity index (χ1n) is 2.99. The van der Waals surface area contributed by atoms with E-state index < -0.39 is 18.0 Å². The van der Waals surface area contributed by atoms with Crippen LogP contribution in [0.15, 0.2) is 0 Å². The van der Waals surface area contributed by atoms with Crippen molar-refractivity contribution in [1.82, 2.24) is 5.48 Å². The Kier molecular flexibility index (Phi) is 8.49. The number of aliphatic carboxylic acids is 1. The molecule has 72 valence electrons. The SMILES string of the molecule is NC(=O)NOC(=O)CCC(=O)O.[H-].[H-].[Mg+2]. The van der Waals surface area contributed by atoms with Gasteiger partial charge in [0.2, 0.25) is 0 Å². The minimum atomic E-state index is -1.12. The summed E-state index contributed by atoms with van der Waals surface area (Å²) in [7, 11) is 0. The fourth-order valence-corrected chi connectivity index (χ4v) is 0.367. The fraction of sp³-hybridized carbons (Fsp3) is 0.400. The molecule has 0 aromatic carbocycles. The molecule has 0 aromatic rings. The van der Waals surface area contributed by atoms with Crippen molar-refractivity contribution in [1.29, 1.82) is 0 Å². The second-order valence-corrected chi connectivity index (χ2v) is 1.83. The first kappa shape index (κ1) is 14.5. The van der Waals surface area contributed by atoms with Gasteiger partial charge in [-0.05, 0) is 0 Å². The number of hydrogen-bond donors (Lipinski definition) is 3. The van der Waals surface area contributed by atoms with Gasteiger partial charge in [-0.15, -0.1) is 0 Å². The van der Waals surface area contributed by atoms with Gasteiger partial charge in [-0.3, -0.25) is 4.79 Å². The summed E-state index contributed by atoms with van der Waals surface area (Å²) in [5.41, 5.74) is 6.12. The van der Waals surface area contributed by atoms with Crippen LogP contribution in [0.2, 0.25) is 0 Å². The molecule has 0 saturated carbocycles. The first-order chi connectivity index (χ1) is 5.52. The van der Waals surface area contributed by atoms with Gasteiger partial charge in [0.1, 0.15) is 0 Å². The van der Waals surface area contributed by atoms with E-state index in [1.165, 1.54) is 0 Å². The molecule has 0 heterocycles. The van der Waals surface area contributed by atoms with Crippen molar-refractivity contribution in [2.75, 3.05) is 0 Å². The van der Waals surface area contributed by atoms with Crippen LogP contribution in [0.1, 0.15) is 15.7 Å². The van der Waals surface area contributed by atoms with Crippen LogP contribution in [0.3, 0.4) is 0 Å². The molecule has 0 spiro atoms. The molecule has 0 radical (unpaired) electrons. The van der Waals surface area contributed by atoms with Gasteiger partial charge in [0.25, 0.3) is 0 Å². The Morgan fingerprint density at radius 2 is 1.92 bits per heavy atom. The summed E-state index contributed by atoms with van der Waals surface area (Å²) in [5.74, 6) is -1.97. The minimum Gasteiger partial charge on any atom is -1.00 e. The number of hydrogen-bond acceptors (Lipinski definition) is 4. The van der Waals surface area contributed by atoms with Gasteiger partial charge in [0, 0.05) is 0 Å². The van der Waals surface area contributed by atoms with E-state index in [0.29, 0.717) is 0 Å². The average Bonchev–Trinajstić information content (AvgIpc) is 1.96. The van der Waals surface area contributed by atoms with E-state index in [1.807, 2.05) is 0 Å². The number of nitrogens with two attached hydrogens (primary N) is 1. The summed E-state index contributed by atoms with van der Waals surface area (Å²) in [5, 5.41) is 8.12. The van der Waals surface area contributed by atoms with Crippen LogP contribution in [0.4, 0.5) is 4.79 Å². The number of urea groups is 1. The Morgan fingerprint density at radius 1 is 1.38 bits per heavy atom. The molecule has 0 saturated heterocycles. The Morgan fingerprint density at radius 3 is 2.31 bits per heavy atom. The molecule has 0 aliphatic rings. The zero-order valence-electron chi connectivity index (χ0n) is 8.78. The van der Waals surface area contributed by atoms with Crippen molar-refractivity contribution in [3.8, 4) is 0 Å². The molecule has 0 bridgehead atoms. The molecule has 13 heavy (non-hydrogen) atoms. The summed E-state index contributed by atoms with van der Waals surface area (Å²) in [4.78, 5) is 34.4. The third kappa shape index (κ3) is 11.0. The van der Waals surface area contributed by atoms with Crippen LogP contribution in [0, 0.1) is 0 Å². The number of hydroxylamine groups is 1. The van der Waals surface area contributed by atoms with Crippen molar-refractivity contribution >= 4 is 41.0 Å². The summed E-state index contributed by atoms with van der Waals surface area (Å²) < 4.78 is 0. The van der Waals surface area contributed by atoms with Crippen molar-refractivity contribution in [2.24, 2.45) is 5.73 Å². The summed E-state index contributed by atoms with van der Waals surface area (Å²) in [6, 6.07) is -1.02. The zero-order chi connectivity index (χ0) is 9.56. The summed E-state index contributed by atoms with van der Waals surface area (Å²) >= 11 is 0. The van der Waals surface area contributed by atoms with E-state index in [4.69, 9.17) is 5.11 Å². The molecule has 0 fully saturated rings. The fourth-order valence-electron chi connectivity index (χ4n) is 0.367. The molecular weight excluding hydrogens is 192 g/mol. The van der Waals surface area contributed by atoms with E-state index in [2.05, 4.69) is 10.6 Å². The number of carboxylic acids is 1. The van der Waals surface area contributed by atoms with E-state index >= 15 is 0 Å². The topological polar surface area (TPSA) is 119 Å². The van der Waals surface area contributed by atoms with Crippen LogP contribution in [-0.4, -0.2) is 46.1 Å². The Hall–Kier alpha value is -1.02. The van der Waals surface area contributed by atoms with E-state index in [0.717, 1.165) is 0 Å². The minimum absolute atomic E-state index is 0. The third-order valence-corrected chi connectivity index (χ3v) is 0.808. The van der Waals surface area contributed by atoms with Crippen LogP contribution >= 0.6 is 0 Å². The number of carbonyl (C=O) groups excluding carboxylic acids is 2. The molecule has 0 aliphatic carbocycles. The Bertz CT molecular complexity index is 196. The normalized spacial score (nSPS) is 8.00. The number of carbonyl (C=O) groups is 3. The number of primary amides is 1. The van der Waals surface area contributed by atoms with Crippen molar-refractivity contribution < 1.29 is 27.2 Å². The maximum Gasteiger partial charge on any atom is 2.00 e. The van der Waals surface area contributed by atoms with Gasteiger partial charge in [-0.1, -0.05) is 0 Å². The summed E-state index contributed by atoms with van der Waals surface area (Å²) in [6.07, 6.45) is -0.658. The second kappa shape index (κ2) is 7.62. The van der Waals surface area contributed by atoms with Crippen LogP contribution in [0.25, 0.3) is 0 Å². The van der Waals surface area contributed by atoms with Crippen molar-refractivity contribution in [3.05, 3.63) is 0 Å². The van der Waals surface area contributed by atoms with Crippen LogP contribution in [-0.2, 0) is 14.4 Å². The monoisotopic (exact) mass is 202 g/mol. The Balaban J connectivity index is -0.000000202. The molecule has 0 rings (SSSR count). The quantitative estimate of drug-likeness (QED) is 0.393. The third-order valence-electron chi connectivity index (χ3n) is 0.808. The maximum atomic E-state index is 10.5. The molecular formula is C5H10MgN2O5.